The van der Waals surface area contributed by atoms with Crippen LogP contribution in [0.4, 0.5) is 11.5 Å². The Hall–Kier alpha value is -2.88. The molecule has 0 radical (unpaired) electrons. The number of anilines is 1. The molecule has 0 spiro atoms. The van der Waals surface area contributed by atoms with Crippen LogP contribution in [0.1, 0.15) is 30.7 Å². The molecular weight excluding hydrogens is 388 g/mol. The van der Waals surface area contributed by atoms with Crippen LogP contribution in [0.2, 0.25) is 5.02 Å². The van der Waals surface area contributed by atoms with Gasteiger partial charge in [-0.2, -0.15) is 4.98 Å². The van der Waals surface area contributed by atoms with Crippen molar-refractivity contribution in [1.82, 2.24) is 9.55 Å². The Labute approximate surface area is 172 Å². The fourth-order valence-electron chi connectivity index (χ4n) is 3.87. The van der Waals surface area contributed by atoms with E-state index in [0.29, 0.717) is 39.0 Å². The fraction of sp³-hybridized carbons (Fsp3) is 0.318. The summed E-state index contributed by atoms with van der Waals surface area (Å²) in [5.41, 5.74) is 2.41. The molecule has 0 bridgehead atoms. The zero-order chi connectivity index (χ0) is 20.1. The summed E-state index contributed by atoms with van der Waals surface area (Å²) in [6, 6.07) is 11.1. The van der Waals surface area contributed by atoms with Gasteiger partial charge in [0.1, 0.15) is 5.82 Å². The number of halogens is 1. The maximum Gasteiger partial charge on any atom is 0.354 e. The lowest BCUT2D eigenvalue weighted by molar-refractivity contribution is 0.275. The first-order valence-corrected chi connectivity index (χ1v) is 10.1. The minimum absolute atomic E-state index is 0.0887. The first kappa shape index (κ1) is 18.2. The molecule has 29 heavy (non-hydrogen) atoms. The lowest BCUT2D eigenvalue weighted by Crippen LogP contribution is -2.24. The van der Waals surface area contributed by atoms with E-state index in [4.69, 9.17) is 18.2 Å². The second-order valence-electron chi connectivity index (χ2n) is 7.77. The minimum atomic E-state index is -0.424. The SMILES string of the molecule is [C-]#[N+]c1cc2c(NC3CC3CO)nc(=O)n(-c3ccccc3Cl)c2cc1C1CC1. The van der Waals surface area contributed by atoms with E-state index in [1.165, 1.54) is 4.57 Å². The van der Waals surface area contributed by atoms with E-state index in [2.05, 4.69) is 15.1 Å². The number of fused-ring (bicyclic) bond motifs is 1. The van der Waals surface area contributed by atoms with Gasteiger partial charge < -0.3 is 10.4 Å². The van der Waals surface area contributed by atoms with Crippen LogP contribution >= 0.6 is 11.6 Å². The van der Waals surface area contributed by atoms with Crippen LogP contribution in [-0.4, -0.2) is 27.3 Å². The first-order chi connectivity index (χ1) is 14.1. The Kier molecular flexibility index (Phi) is 4.30. The molecule has 3 aromatic rings. The molecule has 2 N–H and O–H groups in total. The Morgan fingerprint density at radius 2 is 2.10 bits per heavy atom. The monoisotopic (exact) mass is 406 g/mol. The van der Waals surface area contributed by atoms with Crippen molar-refractivity contribution in [2.24, 2.45) is 5.92 Å². The number of hydrogen-bond donors (Lipinski definition) is 2. The molecule has 2 atom stereocenters. The predicted octanol–water partition coefficient (Wildman–Crippen LogP) is 4.26. The molecule has 2 aliphatic rings. The van der Waals surface area contributed by atoms with E-state index in [1.807, 2.05) is 24.3 Å². The Balaban J connectivity index is 1.78. The van der Waals surface area contributed by atoms with E-state index >= 15 is 0 Å². The average Bonchev–Trinajstić information content (AvgIpc) is 3.63. The third-order valence-electron chi connectivity index (χ3n) is 5.75. The highest BCUT2D eigenvalue weighted by atomic mass is 35.5. The molecule has 2 fully saturated rings. The molecule has 1 aromatic heterocycles. The highest BCUT2D eigenvalue weighted by Gasteiger charge is 2.37. The standard InChI is InChI=1S/C22H19ClN4O2/c1-24-18-9-15-20(10-14(18)12-6-7-12)27(19-5-3-2-4-16(19)23)22(29)26-21(15)25-17-8-13(17)11-28/h2-5,9-10,12-13,17,28H,6-8,11H2,(H,25,26,29). The molecule has 1 heterocycles. The van der Waals surface area contributed by atoms with Crippen LogP contribution in [0.3, 0.4) is 0 Å². The predicted molar refractivity (Wildman–Crippen MR) is 113 cm³/mol. The van der Waals surface area contributed by atoms with Crippen molar-refractivity contribution >= 4 is 34.0 Å². The summed E-state index contributed by atoms with van der Waals surface area (Å²) < 4.78 is 1.53. The summed E-state index contributed by atoms with van der Waals surface area (Å²) in [4.78, 5) is 21.1. The maximum atomic E-state index is 13.1. The molecular formula is C22H19ClN4O2. The number of benzene rings is 2. The van der Waals surface area contributed by atoms with Crippen molar-refractivity contribution in [1.29, 1.82) is 0 Å². The molecule has 7 heteroatoms. The zero-order valence-corrected chi connectivity index (χ0v) is 16.4. The van der Waals surface area contributed by atoms with Crippen LogP contribution < -0.4 is 11.0 Å². The van der Waals surface area contributed by atoms with Crippen LogP contribution in [0.15, 0.2) is 41.2 Å². The van der Waals surface area contributed by atoms with Gasteiger partial charge >= 0.3 is 5.69 Å². The van der Waals surface area contributed by atoms with Gasteiger partial charge in [0.15, 0.2) is 5.69 Å². The number of aromatic nitrogens is 2. The first-order valence-electron chi connectivity index (χ1n) is 9.71. The van der Waals surface area contributed by atoms with Gasteiger partial charge in [0.25, 0.3) is 0 Å². The Bertz CT molecular complexity index is 1230. The van der Waals surface area contributed by atoms with Gasteiger partial charge in [-0.25, -0.2) is 9.64 Å². The summed E-state index contributed by atoms with van der Waals surface area (Å²) in [6.07, 6.45) is 2.95. The minimum Gasteiger partial charge on any atom is -0.396 e. The smallest absolute Gasteiger partial charge is 0.354 e. The topological polar surface area (TPSA) is 71.5 Å². The lowest BCUT2D eigenvalue weighted by atomic mass is 10.0. The van der Waals surface area contributed by atoms with Gasteiger partial charge in [-0.1, -0.05) is 23.7 Å². The van der Waals surface area contributed by atoms with Crippen molar-refractivity contribution in [3.63, 3.8) is 0 Å². The normalized spacial score (nSPS) is 20.4. The van der Waals surface area contributed by atoms with Crippen molar-refractivity contribution in [3.8, 4) is 5.69 Å². The third kappa shape index (κ3) is 3.17. The molecule has 146 valence electrons. The molecule has 5 rings (SSSR count). The van der Waals surface area contributed by atoms with Crippen LogP contribution in [0, 0.1) is 12.5 Å². The van der Waals surface area contributed by atoms with Crippen molar-refractivity contribution in [2.45, 2.75) is 31.2 Å². The highest BCUT2D eigenvalue weighted by Crippen LogP contribution is 2.46. The van der Waals surface area contributed by atoms with E-state index < -0.39 is 5.69 Å². The molecule has 0 aliphatic heterocycles. The van der Waals surface area contributed by atoms with Crippen LogP contribution in [0.5, 0.6) is 0 Å². The summed E-state index contributed by atoms with van der Waals surface area (Å²) >= 11 is 6.40. The van der Waals surface area contributed by atoms with Gasteiger partial charge in [-0.3, -0.25) is 4.57 Å². The number of nitrogens with zero attached hydrogens (tertiary/aromatic N) is 3. The molecule has 2 saturated carbocycles. The number of para-hydroxylation sites is 1. The van der Waals surface area contributed by atoms with E-state index in [9.17, 15) is 9.90 Å². The largest absolute Gasteiger partial charge is 0.396 e. The number of rotatable bonds is 5. The molecule has 6 nitrogen and oxygen atoms in total. The van der Waals surface area contributed by atoms with Gasteiger partial charge in [0, 0.05) is 24.0 Å². The summed E-state index contributed by atoms with van der Waals surface area (Å²) in [7, 11) is 0. The van der Waals surface area contributed by atoms with Crippen LogP contribution in [-0.2, 0) is 0 Å². The molecule has 2 aromatic carbocycles. The van der Waals surface area contributed by atoms with Gasteiger partial charge in [0.05, 0.1) is 22.8 Å². The quantitative estimate of drug-likeness (QED) is 0.621. The van der Waals surface area contributed by atoms with E-state index in [1.54, 1.807) is 12.1 Å². The second kappa shape index (κ2) is 6.87. The maximum absolute atomic E-state index is 13.1. The van der Waals surface area contributed by atoms with E-state index in [-0.39, 0.29) is 18.6 Å². The Morgan fingerprint density at radius 3 is 2.76 bits per heavy atom. The van der Waals surface area contributed by atoms with Crippen molar-refractivity contribution in [3.05, 3.63) is 68.9 Å². The van der Waals surface area contributed by atoms with Crippen molar-refractivity contribution < 1.29 is 5.11 Å². The van der Waals surface area contributed by atoms with Crippen LogP contribution in [0.25, 0.3) is 21.4 Å². The summed E-state index contributed by atoms with van der Waals surface area (Å²) in [5.74, 6) is 0.996. The number of aliphatic hydroxyl groups is 1. The van der Waals surface area contributed by atoms with Gasteiger partial charge in [-0.05, 0) is 55.0 Å². The third-order valence-corrected chi connectivity index (χ3v) is 6.07. The number of nitrogens with one attached hydrogen (secondary N) is 1. The average molecular weight is 407 g/mol. The molecule has 2 aliphatic carbocycles. The number of hydrogen-bond acceptors (Lipinski definition) is 4. The molecule has 0 amide bonds. The lowest BCUT2D eigenvalue weighted by Gasteiger charge is -2.17. The van der Waals surface area contributed by atoms with Gasteiger partial charge in [-0.15, -0.1) is 0 Å². The van der Waals surface area contributed by atoms with E-state index in [0.717, 1.165) is 24.8 Å². The van der Waals surface area contributed by atoms with Gasteiger partial charge in [0.2, 0.25) is 0 Å². The summed E-state index contributed by atoms with van der Waals surface area (Å²) in [5, 5.41) is 13.8. The summed E-state index contributed by atoms with van der Waals surface area (Å²) in [6.45, 7) is 7.73. The van der Waals surface area contributed by atoms with Crippen molar-refractivity contribution in [2.75, 3.05) is 11.9 Å². The fourth-order valence-corrected chi connectivity index (χ4v) is 4.09. The zero-order valence-electron chi connectivity index (χ0n) is 15.6. The number of aliphatic hydroxyl groups excluding tert-OH is 1. The molecule has 0 saturated heterocycles. The Morgan fingerprint density at radius 1 is 1.31 bits per heavy atom. The molecule has 2 unspecified atom stereocenters. The highest BCUT2D eigenvalue weighted by molar-refractivity contribution is 6.32. The second-order valence-corrected chi connectivity index (χ2v) is 8.18.